The Hall–Kier alpha value is -1.60. The molecule has 0 amide bonds. The van der Waals surface area contributed by atoms with Crippen molar-refractivity contribution in [1.82, 2.24) is 0 Å². The number of nitriles is 1. The van der Waals surface area contributed by atoms with Crippen molar-refractivity contribution in [2.24, 2.45) is 5.73 Å². The summed E-state index contributed by atoms with van der Waals surface area (Å²) in [7, 11) is 0. The lowest BCUT2D eigenvalue weighted by molar-refractivity contribution is -0.116. The predicted molar refractivity (Wildman–Crippen MR) is 62.9 cm³/mol. The van der Waals surface area contributed by atoms with Gasteiger partial charge in [-0.3, -0.25) is 4.79 Å². The summed E-state index contributed by atoms with van der Waals surface area (Å²) in [5.41, 5.74) is 6.35. The summed E-state index contributed by atoms with van der Waals surface area (Å²) in [4.78, 5) is 14.1. The molecule has 0 radical (unpaired) electrons. The van der Waals surface area contributed by atoms with Crippen molar-refractivity contribution < 1.29 is 4.79 Å². The van der Waals surface area contributed by atoms with Crippen LogP contribution in [0.3, 0.4) is 0 Å². The summed E-state index contributed by atoms with van der Waals surface area (Å²) >= 11 is 1.69. The molecular weight excluding hydrogens is 220 g/mol. The smallest absolute Gasteiger partial charge is 0.175 e. The van der Waals surface area contributed by atoms with Gasteiger partial charge in [-0.2, -0.15) is 5.26 Å². The van der Waals surface area contributed by atoms with Crippen molar-refractivity contribution in [2.45, 2.75) is 25.7 Å². The number of thiophene rings is 1. The van der Waals surface area contributed by atoms with Crippen LogP contribution in [-0.2, 0) is 4.79 Å². The first-order chi connectivity index (χ1) is 7.61. The fourth-order valence-electron chi connectivity index (χ4n) is 1.95. The number of allylic oxidation sites excluding steroid dienone is 2. The van der Waals surface area contributed by atoms with Crippen molar-refractivity contribution in [3.05, 3.63) is 33.2 Å². The van der Waals surface area contributed by atoms with E-state index in [1.165, 1.54) is 9.75 Å². The maximum absolute atomic E-state index is 11.7. The number of nitrogens with zero attached hydrogens (tertiary/aromatic N) is 1. The molecule has 0 spiro atoms. The first-order valence-corrected chi connectivity index (χ1v) is 5.91. The molecule has 0 fully saturated rings. The zero-order valence-electron chi connectivity index (χ0n) is 8.99. The highest BCUT2D eigenvalue weighted by Crippen LogP contribution is 2.35. The van der Waals surface area contributed by atoms with E-state index in [2.05, 4.69) is 0 Å². The standard InChI is InChI=1S/C12H12N2OS/c1-7-2-3-12(16-7)8-4-10(14)9(6-13)11(15)5-8/h2-3,8H,4-5,14H2,1H3/t8-/m0/s1. The molecule has 2 rings (SSSR count). The predicted octanol–water partition coefficient (Wildman–Crippen LogP) is 2.24. The second-order valence-corrected chi connectivity index (χ2v) is 5.31. The quantitative estimate of drug-likeness (QED) is 0.807. The lowest BCUT2D eigenvalue weighted by atomic mass is 9.86. The Balaban J connectivity index is 2.28. The van der Waals surface area contributed by atoms with E-state index in [9.17, 15) is 4.79 Å². The van der Waals surface area contributed by atoms with Crippen LogP contribution in [0.25, 0.3) is 0 Å². The second-order valence-electron chi connectivity index (χ2n) is 3.99. The van der Waals surface area contributed by atoms with E-state index in [-0.39, 0.29) is 17.3 Å². The minimum absolute atomic E-state index is 0.123. The molecule has 0 saturated heterocycles. The maximum Gasteiger partial charge on any atom is 0.175 e. The molecule has 16 heavy (non-hydrogen) atoms. The number of ketones is 1. The van der Waals surface area contributed by atoms with Crippen LogP contribution in [-0.4, -0.2) is 5.78 Å². The normalized spacial score (nSPS) is 21.0. The van der Waals surface area contributed by atoms with Gasteiger partial charge in [0, 0.05) is 27.8 Å². The molecule has 0 saturated carbocycles. The Bertz CT molecular complexity index is 507. The number of carbonyl (C=O) groups is 1. The van der Waals surface area contributed by atoms with Crippen molar-refractivity contribution in [3.8, 4) is 6.07 Å². The first-order valence-electron chi connectivity index (χ1n) is 5.10. The molecule has 1 heterocycles. The Labute approximate surface area is 98.2 Å². The largest absolute Gasteiger partial charge is 0.401 e. The van der Waals surface area contributed by atoms with Crippen molar-refractivity contribution in [2.75, 3.05) is 0 Å². The number of nitrogens with two attached hydrogens (primary N) is 1. The van der Waals surface area contributed by atoms with Crippen LogP contribution in [0.4, 0.5) is 0 Å². The van der Waals surface area contributed by atoms with Crippen LogP contribution in [0, 0.1) is 18.3 Å². The van der Waals surface area contributed by atoms with Gasteiger partial charge in [0.2, 0.25) is 0 Å². The van der Waals surface area contributed by atoms with Gasteiger partial charge in [0.1, 0.15) is 11.6 Å². The van der Waals surface area contributed by atoms with Crippen LogP contribution in [0.5, 0.6) is 0 Å². The fourth-order valence-corrected chi connectivity index (χ4v) is 2.93. The van der Waals surface area contributed by atoms with Crippen LogP contribution in [0.15, 0.2) is 23.4 Å². The number of carbonyl (C=O) groups excluding carboxylic acids is 1. The third kappa shape index (κ3) is 1.86. The van der Waals surface area contributed by atoms with Crippen molar-refractivity contribution in [1.29, 1.82) is 5.26 Å². The van der Waals surface area contributed by atoms with E-state index < -0.39 is 0 Å². The second kappa shape index (κ2) is 4.11. The minimum atomic E-state index is -0.123. The lowest BCUT2D eigenvalue weighted by Crippen LogP contribution is -2.20. The van der Waals surface area contributed by atoms with E-state index in [1.54, 1.807) is 11.3 Å². The Morgan fingerprint density at radius 2 is 2.25 bits per heavy atom. The molecular formula is C12H12N2OS. The van der Waals surface area contributed by atoms with Crippen LogP contribution in [0.1, 0.15) is 28.5 Å². The van der Waals surface area contributed by atoms with E-state index in [0.29, 0.717) is 18.5 Å². The average Bonchev–Trinajstić information content (AvgIpc) is 2.64. The highest BCUT2D eigenvalue weighted by atomic mass is 32.1. The SMILES string of the molecule is Cc1ccc([C@@H]2CC(=O)C(C#N)=C(N)C2)s1. The maximum atomic E-state index is 11.7. The molecule has 1 aliphatic carbocycles. The number of rotatable bonds is 1. The molecule has 1 aliphatic rings. The number of hydrogen-bond acceptors (Lipinski definition) is 4. The molecule has 1 aromatic rings. The molecule has 0 unspecified atom stereocenters. The Morgan fingerprint density at radius 1 is 1.50 bits per heavy atom. The number of hydrogen-bond donors (Lipinski definition) is 1. The summed E-state index contributed by atoms with van der Waals surface area (Å²) in [6.07, 6.45) is 1.03. The van der Waals surface area contributed by atoms with Crippen molar-refractivity contribution in [3.63, 3.8) is 0 Å². The molecule has 0 aromatic carbocycles. The zero-order valence-corrected chi connectivity index (χ0v) is 9.80. The van der Waals surface area contributed by atoms with Gasteiger partial charge in [-0.25, -0.2) is 0 Å². The number of Topliss-reactive ketones (excluding diaryl/α,β-unsaturated/α-hetero) is 1. The Morgan fingerprint density at radius 3 is 2.75 bits per heavy atom. The van der Waals surface area contributed by atoms with Gasteiger partial charge < -0.3 is 5.73 Å². The Kier molecular flexibility index (Phi) is 2.80. The van der Waals surface area contributed by atoms with Gasteiger partial charge in [-0.15, -0.1) is 11.3 Å². The highest BCUT2D eigenvalue weighted by Gasteiger charge is 2.27. The summed E-state index contributed by atoms with van der Waals surface area (Å²) in [5, 5.41) is 8.79. The first kappa shape index (κ1) is 10.9. The van der Waals surface area contributed by atoms with Gasteiger partial charge in [-0.05, 0) is 25.5 Å². The summed E-state index contributed by atoms with van der Waals surface area (Å²) in [6, 6.07) is 5.98. The summed E-state index contributed by atoms with van der Waals surface area (Å²) < 4.78 is 0. The molecule has 1 atom stereocenters. The third-order valence-corrected chi connectivity index (χ3v) is 3.94. The van der Waals surface area contributed by atoms with Crippen LogP contribution >= 0.6 is 11.3 Å². The van der Waals surface area contributed by atoms with E-state index in [0.717, 1.165) is 0 Å². The molecule has 0 bridgehead atoms. The van der Waals surface area contributed by atoms with Crippen molar-refractivity contribution >= 4 is 17.1 Å². The van der Waals surface area contributed by atoms with E-state index in [4.69, 9.17) is 11.0 Å². The van der Waals surface area contributed by atoms with Crippen LogP contribution < -0.4 is 5.73 Å². The molecule has 1 aromatic heterocycles. The summed E-state index contributed by atoms with van der Waals surface area (Å²) in [5.74, 6) is 0.0330. The molecule has 82 valence electrons. The van der Waals surface area contributed by atoms with Gasteiger partial charge in [0.15, 0.2) is 5.78 Å². The molecule has 3 nitrogen and oxygen atoms in total. The van der Waals surface area contributed by atoms with Gasteiger partial charge in [-0.1, -0.05) is 0 Å². The topological polar surface area (TPSA) is 66.9 Å². The van der Waals surface area contributed by atoms with E-state index in [1.807, 2.05) is 25.1 Å². The fraction of sp³-hybridized carbons (Fsp3) is 0.333. The van der Waals surface area contributed by atoms with Gasteiger partial charge >= 0.3 is 0 Å². The van der Waals surface area contributed by atoms with Crippen LogP contribution in [0.2, 0.25) is 0 Å². The molecule has 0 aliphatic heterocycles. The number of aryl methyl sites for hydroxylation is 1. The van der Waals surface area contributed by atoms with Gasteiger partial charge in [0.05, 0.1) is 0 Å². The average molecular weight is 232 g/mol. The molecule has 4 heteroatoms. The zero-order chi connectivity index (χ0) is 11.7. The van der Waals surface area contributed by atoms with E-state index >= 15 is 0 Å². The lowest BCUT2D eigenvalue weighted by Gasteiger charge is -2.20. The van der Waals surface area contributed by atoms with Gasteiger partial charge in [0.25, 0.3) is 0 Å². The third-order valence-electron chi connectivity index (χ3n) is 2.77. The molecule has 2 N–H and O–H groups in total. The monoisotopic (exact) mass is 232 g/mol. The minimum Gasteiger partial charge on any atom is -0.401 e. The highest BCUT2D eigenvalue weighted by molar-refractivity contribution is 7.12. The summed E-state index contributed by atoms with van der Waals surface area (Å²) in [6.45, 7) is 2.04.